The Kier molecular flexibility index (Phi) is 6.66. The van der Waals surface area contributed by atoms with Crippen LogP contribution in [-0.4, -0.2) is 19.0 Å². The molecule has 3 nitrogen and oxygen atoms in total. The fraction of sp³-hybridized carbons (Fsp3) is 0.353. The Morgan fingerprint density at radius 1 is 1.14 bits per heavy atom. The zero-order chi connectivity index (χ0) is 14.5. The Morgan fingerprint density at radius 3 is 2.48 bits per heavy atom. The first-order chi connectivity index (χ1) is 9.61. The van der Waals surface area contributed by atoms with Gasteiger partial charge in [-0.15, -0.1) is 12.4 Å². The number of nitrogens with one attached hydrogen (secondary N) is 1. The van der Waals surface area contributed by atoms with Crippen LogP contribution in [0.1, 0.15) is 25.3 Å². The summed E-state index contributed by atoms with van der Waals surface area (Å²) in [4.78, 5) is 12.1. The van der Waals surface area contributed by atoms with Gasteiger partial charge >= 0.3 is 0 Å². The van der Waals surface area contributed by atoms with Crippen LogP contribution in [0.2, 0.25) is 0 Å². The zero-order valence-corrected chi connectivity index (χ0v) is 13.3. The molecule has 2 atom stereocenters. The predicted octanol–water partition coefficient (Wildman–Crippen LogP) is 3.08. The van der Waals surface area contributed by atoms with Crippen LogP contribution in [-0.2, 0) is 4.79 Å². The maximum absolute atomic E-state index is 12.1. The van der Waals surface area contributed by atoms with Crippen molar-refractivity contribution in [3.05, 3.63) is 48.0 Å². The van der Waals surface area contributed by atoms with E-state index in [1.165, 1.54) is 10.8 Å². The van der Waals surface area contributed by atoms with E-state index in [0.29, 0.717) is 19.0 Å². The van der Waals surface area contributed by atoms with E-state index in [0.717, 1.165) is 5.56 Å². The van der Waals surface area contributed by atoms with Crippen molar-refractivity contribution in [2.24, 2.45) is 11.7 Å². The Bertz CT molecular complexity index is 600. The molecule has 0 spiro atoms. The highest BCUT2D eigenvalue weighted by molar-refractivity contribution is 5.87. The maximum Gasteiger partial charge on any atom is 0.227 e. The summed E-state index contributed by atoms with van der Waals surface area (Å²) >= 11 is 0. The first kappa shape index (κ1) is 17.5. The average Bonchev–Trinajstić information content (AvgIpc) is 2.50. The molecular formula is C17H23ClN2O. The molecule has 0 saturated heterocycles. The van der Waals surface area contributed by atoms with Gasteiger partial charge < -0.3 is 11.1 Å². The molecule has 0 bridgehead atoms. The molecule has 0 radical (unpaired) electrons. The lowest BCUT2D eigenvalue weighted by Crippen LogP contribution is -2.33. The monoisotopic (exact) mass is 306 g/mol. The van der Waals surface area contributed by atoms with Crippen molar-refractivity contribution in [3.63, 3.8) is 0 Å². The van der Waals surface area contributed by atoms with Gasteiger partial charge in [0.15, 0.2) is 0 Å². The summed E-state index contributed by atoms with van der Waals surface area (Å²) in [5, 5.41) is 5.32. The second-order valence-electron chi connectivity index (χ2n) is 5.41. The highest BCUT2D eigenvalue weighted by Crippen LogP contribution is 2.21. The summed E-state index contributed by atoms with van der Waals surface area (Å²) < 4.78 is 0. The smallest absolute Gasteiger partial charge is 0.227 e. The summed E-state index contributed by atoms with van der Waals surface area (Å²) in [6, 6.07) is 14.4. The molecule has 1 amide bonds. The first-order valence-corrected chi connectivity index (χ1v) is 7.08. The number of carbonyl (C=O) groups excluding carboxylic acids is 1. The van der Waals surface area contributed by atoms with Gasteiger partial charge in [-0.05, 0) is 35.7 Å². The topological polar surface area (TPSA) is 55.1 Å². The van der Waals surface area contributed by atoms with Gasteiger partial charge in [0.25, 0.3) is 0 Å². The Labute approximate surface area is 132 Å². The van der Waals surface area contributed by atoms with E-state index in [9.17, 15) is 4.79 Å². The van der Waals surface area contributed by atoms with Gasteiger partial charge in [-0.2, -0.15) is 0 Å². The Morgan fingerprint density at radius 2 is 1.81 bits per heavy atom. The summed E-state index contributed by atoms with van der Waals surface area (Å²) in [7, 11) is 0. The number of hydrogen-bond donors (Lipinski definition) is 2. The molecule has 114 valence electrons. The van der Waals surface area contributed by atoms with Crippen LogP contribution in [0.3, 0.4) is 0 Å². The molecule has 0 heterocycles. The number of nitrogens with two attached hydrogens (primary N) is 1. The van der Waals surface area contributed by atoms with Gasteiger partial charge in [0.1, 0.15) is 0 Å². The van der Waals surface area contributed by atoms with Gasteiger partial charge in [-0.25, -0.2) is 0 Å². The number of benzene rings is 2. The standard InChI is InChI=1S/C17H22N2O.ClH/c1-12(10-18)11-19-17(20)13(2)15-8-7-14-5-3-4-6-16(14)9-15;/h3-9,12-13H,10-11,18H2,1-2H3,(H,19,20);1H. The molecule has 0 aliphatic carbocycles. The van der Waals surface area contributed by atoms with Crippen molar-refractivity contribution in [2.45, 2.75) is 19.8 Å². The van der Waals surface area contributed by atoms with Crippen LogP contribution in [0.5, 0.6) is 0 Å². The quantitative estimate of drug-likeness (QED) is 0.892. The van der Waals surface area contributed by atoms with Gasteiger partial charge in [0.05, 0.1) is 5.92 Å². The van der Waals surface area contributed by atoms with E-state index in [2.05, 4.69) is 29.6 Å². The number of hydrogen-bond acceptors (Lipinski definition) is 2. The zero-order valence-electron chi connectivity index (χ0n) is 12.5. The second kappa shape index (κ2) is 8.01. The van der Waals surface area contributed by atoms with Gasteiger partial charge in [0.2, 0.25) is 5.91 Å². The molecule has 0 aliphatic heterocycles. The molecule has 2 aromatic carbocycles. The lowest BCUT2D eigenvalue weighted by Gasteiger charge is -2.15. The minimum absolute atomic E-state index is 0. The minimum Gasteiger partial charge on any atom is -0.355 e. The second-order valence-corrected chi connectivity index (χ2v) is 5.41. The molecule has 2 rings (SSSR count). The van der Waals surface area contributed by atoms with Gasteiger partial charge in [0, 0.05) is 6.54 Å². The first-order valence-electron chi connectivity index (χ1n) is 7.08. The normalized spacial score (nSPS) is 13.3. The number of rotatable bonds is 5. The number of fused-ring (bicyclic) bond motifs is 1. The van der Waals surface area contributed by atoms with E-state index in [1.54, 1.807) is 0 Å². The SMILES string of the molecule is CC(CN)CNC(=O)C(C)c1ccc2ccccc2c1.Cl. The highest BCUT2D eigenvalue weighted by Gasteiger charge is 2.15. The van der Waals surface area contributed by atoms with Crippen molar-refractivity contribution < 1.29 is 4.79 Å². The highest BCUT2D eigenvalue weighted by atomic mass is 35.5. The molecule has 21 heavy (non-hydrogen) atoms. The third-order valence-corrected chi connectivity index (χ3v) is 3.69. The van der Waals surface area contributed by atoms with Crippen LogP contribution < -0.4 is 11.1 Å². The molecule has 3 N–H and O–H groups in total. The van der Waals surface area contributed by atoms with Crippen molar-refractivity contribution in [3.8, 4) is 0 Å². The molecular weight excluding hydrogens is 284 g/mol. The van der Waals surface area contributed by atoms with E-state index in [-0.39, 0.29) is 24.2 Å². The van der Waals surface area contributed by atoms with Crippen LogP contribution in [0.15, 0.2) is 42.5 Å². The number of amides is 1. The fourth-order valence-corrected chi connectivity index (χ4v) is 2.14. The lowest BCUT2D eigenvalue weighted by atomic mass is 9.97. The lowest BCUT2D eigenvalue weighted by molar-refractivity contribution is -0.122. The van der Waals surface area contributed by atoms with E-state index >= 15 is 0 Å². The van der Waals surface area contributed by atoms with Gasteiger partial charge in [-0.1, -0.05) is 49.4 Å². The third-order valence-electron chi connectivity index (χ3n) is 3.69. The molecule has 0 saturated carbocycles. The van der Waals surface area contributed by atoms with Crippen LogP contribution in [0.25, 0.3) is 10.8 Å². The van der Waals surface area contributed by atoms with E-state index in [4.69, 9.17) is 5.73 Å². The van der Waals surface area contributed by atoms with Crippen LogP contribution in [0.4, 0.5) is 0 Å². The summed E-state index contributed by atoms with van der Waals surface area (Å²) in [5.74, 6) is 0.216. The van der Waals surface area contributed by atoms with Crippen molar-refractivity contribution in [2.75, 3.05) is 13.1 Å². The van der Waals surface area contributed by atoms with Crippen molar-refractivity contribution in [1.82, 2.24) is 5.32 Å². The summed E-state index contributed by atoms with van der Waals surface area (Å²) in [6.45, 7) is 5.19. The number of halogens is 1. The molecule has 0 fully saturated rings. The maximum atomic E-state index is 12.1. The largest absolute Gasteiger partial charge is 0.355 e. The van der Waals surface area contributed by atoms with Crippen LogP contribution in [0, 0.1) is 5.92 Å². The van der Waals surface area contributed by atoms with Crippen molar-refractivity contribution >= 4 is 29.1 Å². The van der Waals surface area contributed by atoms with Crippen molar-refractivity contribution in [1.29, 1.82) is 0 Å². The number of carbonyl (C=O) groups is 1. The predicted molar refractivity (Wildman–Crippen MR) is 90.8 cm³/mol. The fourth-order valence-electron chi connectivity index (χ4n) is 2.14. The molecule has 0 aromatic heterocycles. The molecule has 2 aromatic rings. The van der Waals surface area contributed by atoms with E-state index in [1.807, 2.05) is 32.0 Å². The average molecular weight is 307 g/mol. The summed E-state index contributed by atoms with van der Waals surface area (Å²) in [6.07, 6.45) is 0. The van der Waals surface area contributed by atoms with Crippen LogP contribution >= 0.6 is 12.4 Å². The summed E-state index contributed by atoms with van der Waals surface area (Å²) in [5.41, 5.74) is 6.60. The molecule has 2 unspecified atom stereocenters. The Balaban J connectivity index is 0.00000220. The Hall–Kier alpha value is -1.58. The molecule has 4 heteroatoms. The third kappa shape index (κ3) is 4.45. The van der Waals surface area contributed by atoms with Gasteiger partial charge in [-0.3, -0.25) is 4.79 Å². The molecule has 0 aliphatic rings. The van der Waals surface area contributed by atoms with E-state index < -0.39 is 0 Å². The minimum atomic E-state index is -0.149.